The Morgan fingerprint density at radius 1 is 1.80 bits per heavy atom. The Morgan fingerprint density at radius 3 is 2.60 bits per heavy atom. The Hall–Kier alpha value is -0.0800. The van der Waals surface area contributed by atoms with E-state index in [4.69, 9.17) is 4.74 Å². The van der Waals surface area contributed by atoms with Crippen molar-refractivity contribution in [1.82, 2.24) is 5.32 Å². The number of hydrogen-bond donors (Lipinski definition) is 1. The summed E-state index contributed by atoms with van der Waals surface area (Å²) in [5.74, 6) is 0. The number of rotatable bonds is 0. The van der Waals surface area contributed by atoms with Gasteiger partial charge in [-0.05, 0) is 0 Å². The SMILES string of the molecule is C1OC2NC12. The van der Waals surface area contributed by atoms with Crippen molar-refractivity contribution in [2.45, 2.75) is 12.3 Å². The Kier molecular flexibility index (Phi) is 0.181. The molecule has 2 saturated heterocycles. The summed E-state index contributed by atoms with van der Waals surface area (Å²) in [5.41, 5.74) is 0. The minimum absolute atomic E-state index is 0.481. The molecule has 0 aliphatic carbocycles. The van der Waals surface area contributed by atoms with Gasteiger partial charge in [0.2, 0.25) is 0 Å². The summed E-state index contributed by atoms with van der Waals surface area (Å²) in [6, 6.07) is 0.759. The number of fused-ring (bicyclic) bond motifs is 1. The molecule has 2 heterocycles. The second kappa shape index (κ2) is 0.420. The lowest BCUT2D eigenvalue weighted by molar-refractivity contribution is 0.0483. The van der Waals surface area contributed by atoms with Crippen molar-refractivity contribution in [2.24, 2.45) is 0 Å². The Labute approximate surface area is 30.1 Å². The van der Waals surface area contributed by atoms with Crippen LogP contribution in [0.4, 0.5) is 0 Å². The molecule has 28 valence electrons. The third-order valence-corrected chi connectivity index (χ3v) is 1.09. The van der Waals surface area contributed by atoms with E-state index in [1.165, 1.54) is 0 Å². The van der Waals surface area contributed by atoms with Gasteiger partial charge in [-0.2, -0.15) is 0 Å². The fraction of sp³-hybridized carbons (Fsp3) is 1.00. The highest BCUT2D eigenvalue weighted by Gasteiger charge is 2.46. The van der Waals surface area contributed by atoms with E-state index in [-0.39, 0.29) is 0 Å². The van der Waals surface area contributed by atoms with Crippen molar-refractivity contribution >= 4 is 0 Å². The van der Waals surface area contributed by atoms with Crippen LogP contribution in [0.15, 0.2) is 0 Å². The second-order valence-corrected chi connectivity index (χ2v) is 1.53. The van der Waals surface area contributed by atoms with Gasteiger partial charge in [0.15, 0.2) is 0 Å². The van der Waals surface area contributed by atoms with E-state index >= 15 is 0 Å². The first kappa shape index (κ1) is 2.16. The van der Waals surface area contributed by atoms with Gasteiger partial charge in [-0.15, -0.1) is 0 Å². The third-order valence-electron chi connectivity index (χ3n) is 1.09. The predicted octanol–water partition coefficient (Wildman–Crippen LogP) is -0.685. The van der Waals surface area contributed by atoms with Gasteiger partial charge >= 0.3 is 0 Å². The van der Waals surface area contributed by atoms with Gasteiger partial charge in [0.05, 0.1) is 12.6 Å². The minimum atomic E-state index is 0.481. The Balaban J connectivity index is 2.19. The van der Waals surface area contributed by atoms with Crippen molar-refractivity contribution in [3.05, 3.63) is 0 Å². The molecule has 0 bridgehead atoms. The van der Waals surface area contributed by atoms with Gasteiger partial charge in [0, 0.05) is 0 Å². The summed E-state index contributed by atoms with van der Waals surface area (Å²) in [5, 5.41) is 3.08. The molecule has 0 amide bonds. The minimum Gasteiger partial charge on any atom is -0.360 e. The smallest absolute Gasteiger partial charge is 0.126 e. The van der Waals surface area contributed by atoms with E-state index in [1.54, 1.807) is 0 Å². The van der Waals surface area contributed by atoms with Crippen LogP contribution in [-0.2, 0) is 4.74 Å². The average molecular weight is 71.1 g/mol. The standard InChI is InChI=1S/C3H5NO/c1-2-3(4-2)5-1/h2-4H,1H2. The van der Waals surface area contributed by atoms with Gasteiger partial charge in [0.25, 0.3) is 0 Å². The van der Waals surface area contributed by atoms with Crippen molar-refractivity contribution in [2.75, 3.05) is 6.61 Å². The maximum Gasteiger partial charge on any atom is 0.126 e. The Bertz CT molecular complexity index is 51.9. The fourth-order valence-electron chi connectivity index (χ4n) is 0.540. The molecule has 2 nitrogen and oxygen atoms in total. The average Bonchev–Trinajstić information content (AvgIpc) is 1.74. The highest BCUT2D eigenvalue weighted by atomic mass is 16.6. The Morgan fingerprint density at radius 2 is 2.60 bits per heavy atom. The predicted molar refractivity (Wildman–Crippen MR) is 16.7 cm³/mol. The largest absolute Gasteiger partial charge is 0.360 e. The van der Waals surface area contributed by atoms with Gasteiger partial charge in [-0.3, -0.25) is 5.32 Å². The summed E-state index contributed by atoms with van der Waals surface area (Å²) in [6.45, 7) is 0.949. The lowest BCUT2D eigenvalue weighted by atomic mass is 10.4. The maximum atomic E-state index is 4.89. The molecule has 0 aromatic heterocycles. The van der Waals surface area contributed by atoms with E-state index in [0.717, 1.165) is 12.6 Å². The first-order valence-electron chi connectivity index (χ1n) is 1.84. The van der Waals surface area contributed by atoms with E-state index in [0.29, 0.717) is 6.23 Å². The molecule has 1 N–H and O–H groups in total. The highest BCUT2D eigenvalue weighted by molar-refractivity contribution is 4.98. The molecule has 2 heteroatoms. The molecular weight excluding hydrogens is 66.0 g/mol. The molecule has 0 aromatic carbocycles. The van der Waals surface area contributed by atoms with Gasteiger partial charge < -0.3 is 4.74 Å². The fourth-order valence-corrected chi connectivity index (χ4v) is 0.540. The van der Waals surface area contributed by atoms with Crippen LogP contribution in [0.3, 0.4) is 0 Å². The second-order valence-electron chi connectivity index (χ2n) is 1.53. The molecule has 2 rings (SSSR count). The van der Waals surface area contributed by atoms with Crippen LogP contribution in [0.1, 0.15) is 0 Å². The van der Waals surface area contributed by atoms with Gasteiger partial charge in [-0.25, -0.2) is 0 Å². The summed E-state index contributed by atoms with van der Waals surface area (Å²) in [6.07, 6.45) is 0.481. The maximum absolute atomic E-state index is 4.89. The van der Waals surface area contributed by atoms with Gasteiger partial charge in [-0.1, -0.05) is 0 Å². The summed E-state index contributed by atoms with van der Waals surface area (Å²) in [4.78, 5) is 0. The van der Waals surface area contributed by atoms with Crippen molar-refractivity contribution in [3.8, 4) is 0 Å². The van der Waals surface area contributed by atoms with Crippen LogP contribution in [0.25, 0.3) is 0 Å². The molecular formula is C3H5NO. The quantitative estimate of drug-likeness (QED) is 0.383. The first-order valence-corrected chi connectivity index (χ1v) is 1.84. The monoisotopic (exact) mass is 71.0 g/mol. The third kappa shape index (κ3) is 0.121. The summed E-state index contributed by atoms with van der Waals surface area (Å²) < 4.78 is 4.89. The van der Waals surface area contributed by atoms with Crippen molar-refractivity contribution in [1.29, 1.82) is 0 Å². The van der Waals surface area contributed by atoms with Crippen LogP contribution in [0, 0.1) is 0 Å². The summed E-state index contributed by atoms with van der Waals surface area (Å²) >= 11 is 0. The lowest BCUT2D eigenvalue weighted by Crippen LogP contribution is -2.17. The van der Waals surface area contributed by atoms with Crippen LogP contribution in [-0.4, -0.2) is 18.9 Å². The van der Waals surface area contributed by atoms with E-state index in [9.17, 15) is 0 Å². The molecule has 2 unspecified atom stereocenters. The number of hydrogen-bond acceptors (Lipinski definition) is 2. The van der Waals surface area contributed by atoms with Crippen molar-refractivity contribution in [3.63, 3.8) is 0 Å². The first-order chi connectivity index (χ1) is 2.47. The van der Waals surface area contributed by atoms with Crippen LogP contribution >= 0.6 is 0 Å². The molecule has 2 atom stereocenters. The van der Waals surface area contributed by atoms with Gasteiger partial charge in [0.1, 0.15) is 6.23 Å². The molecule has 0 radical (unpaired) electrons. The molecule has 2 fully saturated rings. The number of nitrogens with one attached hydrogen (secondary N) is 1. The zero-order valence-corrected chi connectivity index (χ0v) is 2.77. The van der Waals surface area contributed by atoms with E-state index in [2.05, 4.69) is 5.32 Å². The van der Waals surface area contributed by atoms with Crippen molar-refractivity contribution < 1.29 is 4.74 Å². The molecule has 0 aromatic rings. The topological polar surface area (TPSA) is 31.2 Å². The van der Waals surface area contributed by atoms with Crippen LogP contribution in [0.5, 0.6) is 0 Å². The molecule has 5 heavy (non-hydrogen) atoms. The van der Waals surface area contributed by atoms with Crippen LogP contribution in [0.2, 0.25) is 0 Å². The van der Waals surface area contributed by atoms with E-state index < -0.39 is 0 Å². The number of ether oxygens (including phenoxy) is 1. The summed E-state index contributed by atoms with van der Waals surface area (Å²) in [7, 11) is 0. The molecule has 0 spiro atoms. The van der Waals surface area contributed by atoms with E-state index in [1.807, 2.05) is 0 Å². The molecule has 2 aliphatic rings. The zero-order valence-electron chi connectivity index (χ0n) is 2.77. The zero-order chi connectivity index (χ0) is 3.28. The highest BCUT2D eigenvalue weighted by Crippen LogP contribution is 2.22. The van der Waals surface area contributed by atoms with Crippen LogP contribution < -0.4 is 5.32 Å². The lowest BCUT2D eigenvalue weighted by Gasteiger charge is -2.04. The molecule has 2 aliphatic heterocycles. The molecule has 0 saturated carbocycles. The normalized spacial score (nSPS) is 57.6.